The monoisotopic (exact) mass is 376 g/mol. The number of benzene rings is 1. The van der Waals surface area contributed by atoms with Crippen molar-refractivity contribution >= 4 is 16.8 Å². The van der Waals surface area contributed by atoms with Gasteiger partial charge in [0.15, 0.2) is 5.69 Å². The maximum atomic E-state index is 12.7. The fourth-order valence-electron chi connectivity index (χ4n) is 3.12. The predicted octanol–water partition coefficient (Wildman–Crippen LogP) is 1.83. The minimum absolute atomic E-state index is 0.0615. The first-order chi connectivity index (χ1) is 13.7. The molecule has 0 unspecified atom stereocenters. The van der Waals surface area contributed by atoms with E-state index in [0.29, 0.717) is 18.6 Å². The Morgan fingerprint density at radius 1 is 1.07 bits per heavy atom. The third-order valence-corrected chi connectivity index (χ3v) is 4.58. The average molecular weight is 376 g/mol. The van der Waals surface area contributed by atoms with Crippen LogP contribution in [-0.4, -0.2) is 36.6 Å². The van der Waals surface area contributed by atoms with Gasteiger partial charge in [0, 0.05) is 37.4 Å². The maximum absolute atomic E-state index is 12.7. The van der Waals surface area contributed by atoms with E-state index in [2.05, 4.69) is 15.5 Å². The van der Waals surface area contributed by atoms with Crippen LogP contribution in [0.1, 0.15) is 17.4 Å². The summed E-state index contributed by atoms with van der Waals surface area (Å²) in [5.41, 5.74) is 1.63. The van der Waals surface area contributed by atoms with Crippen molar-refractivity contribution in [2.24, 2.45) is 0 Å². The largest absolute Gasteiger partial charge is 0.349 e. The highest BCUT2D eigenvalue weighted by Crippen LogP contribution is 2.11. The number of nitrogens with zero attached hydrogens (tertiary/aromatic N) is 5. The van der Waals surface area contributed by atoms with Gasteiger partial charge in [-0.2, -0.15) is 9.90 Å². The zero-order valence-electron chi connectivity index (χ0n) is 15.4. The van der Waals surface area contributed by atoms with Gasteiger partial charge in [-0.15, -0.1) is 5.10 Å². The fraction of sp³-hybridized carbons (Fsp3) is 0.200. The number of rotatable bonds is 6. The van der Waals surface area contributed by atoms with Gasteiger partial charge in [0.2, 0.25) is 0 Å². The molecule has 4 rings (SSSR count). The summed E-state index contributed by atoms with van der Waals surface area (Å²) in [6.45, 7) is 3.42. The van der Waals surface area contributed by atoms with Gasteiger partial charge in [-0.1, -0.05) is 18.2 Å². The molecule has 0 atom stereocenters. The smallest absolute Gasteiger partial charge is 0.275 e. The van der Waals surface area contributed by atoms with Crippen LogP contribution < -0.4 is 10.9 Å². The molecule has 0 radical (unpaired) electrons. The van der Waals surface area contributed by atoms with Gasteiger partial charge in [-0.3, -0.25) is 9.59 Å². The van der Waals surface area contributed by atoms with Crippen LogP contribution in [0.3, 0.4) is 0 Å². The van der Waals surface area contributed by atoms with Crippen molar-refractivity contribution in [1.29, 1.82) is 0 Å². The predicted molar refractivity (Wildman–Crippen MR) is 106 cm³/mol. The lowest BCUT2D eigenvalue weighted by Crippen LogP contribution is -2.31. The summed E-state index contributed by atoms with van der Waals surface area (Å²) in [5.74, 6) is -0.326. The topological polar surface area (TPSA) is 86.7 Å². The number of para-hydroxylation sites is 1. The summed E-state index contributed by atoms with van der Waals surface area (Å²) in [7, 11) is 0. The van der Waals surface area contributed by atoms with Gasteiger partial charge in [-0.25, -0.2) is 0 Å². The quantitative estimate of drug-likeness (QED) is 0.556. The molecule has 0 bridgehead atoms. The second-order valence-electron chi connectivity index (χ2n) is 6.33. The van der Waals surface area contributed by atoms with E-state index in [1.807, 2.05) is 60.2 Å². The summed E-state index contributed by atoms with van der Waals surface area (Å²) in [6, 6.07) is 13.2. The lowest BCUT2D eigenvalue weighted by Gasteiger charge is -2.08. The van der Waals surface area contributed by atoms with Crippen molar-refractivity contribution in [3.8, 4) is 5.69 Å². The highest BCUT2D eigenvalue weighted by atomic mass is 16.2. The molecule has 142 valence electrons. The molecule has 8 nitrogen and oxygen atoms in total. The van der Waals surface area contributed by atoms with Crippen LogP contribution >= 0.6 is 0 Å². The van der Waals surface area contributed by atoms with Gasteiger partial charge in [0.1, 0.15) is 5.52 Å². The second-order valence-corrected chi connectivity index (χ2v) is 6.33. The highest BCUT2D eigenvalue weighted by molar-refractivity contribution is 5.91. The summed E-state index contributed by atoms with van der Waals surface area (Å²) in [4.78, 5) is 26.4. The van der Waals surface area contributed by atoms with Crippen LogP contribution in [0.15, 0.2) is 65.8 Å². The third kappa shape index (κ3) is 3.32. The van der Waals surface area contributed by atoms with Crippen molar-refractivity contribution in [3.63, 3.8) is 0 Å². The standard InChI is InChI=1S/C20H20N6O2/c1-2-24-11-8-15-9-12-25(20(28)18(15)24)13-10-21-19(27)17-14-22-26(23-17)16-6-4-3-5-7-16/h3-9,11-12,14H,2,10,13H2,1H3,(H,21,27). The van der Waals surface area contributed by atoms with Gasteiger partial charge in [0.25, 0.3) is 11.5 Å². The number of carbonyl (C=O) groups excluding carboxylic acids is 1. The van der Waals surface area contributed by atoms with E-state index in [1.165, 1.54) is 11.0 Å². The molecule has 3 aromatic heterocycles. The number of pyridine rings is 1. The van der Waals surface area contributed by atoms with Crippen molar-refractivity contribution in [2.45, 2.75) is 20.0 Å². The minimum atomic E-state index is -0.326. The zero-order valence-corrected chi connectivity index (χ0v) is 15.4. The Morgan fingerprint density at radius 2 is 1.82 bits per heavy atom. The molecule has 1 N–H and O–H groups in total. The van der Waals surface area contributed by atoms with Crippen LogP contribution in [-0.2, 0) is 13.1 Å². The first-order valence-corrected chi connectivity index (χ1v) is 9.11. The minimum Gasteiger partial charge on any atom is -0.349 e. The molecule has 8 heteroatoms. The Bertz CT molecular complexity index is 1170. The van der Waals surface area contributed by atoms with E-state index < -0.39 is 0 Å². The van der Waals surface area contributed by atoms with E-state index in [9.17, 15) is 9.59 Å². The Balaban J connectivity index is 1.42. The second kappa shape index (κ2) is 7.51. The number of hydrogen-bond donors (Lipinski definition) is 1. The van der Waals surface area contributed by atoms with Crippen molar-refractivity contribution in [3.05, 3.63) is 77.1 Å². The van der Waals surface area contributed by atoms with E-state index in [0.717, 1.165) is 17.6 Å². The molecule has 28 heavy (non-hydrogen) atoms. The normalized spacial score (nSPS) is 11.0. The van der Waals surface area contributed by atoms with Crippen molar-refractivity contribution in [2.75, 3.05) is 6.54 Å². The summed E-state index contributed by atoms with van der Waals surface area (Å²) in [6.07, 6.45) is 5.09. The summed E-state index contributed by atoms with van der Waals surface area (Å²) in [5, 5.41) is 12.0. The molecule has 0 aliphatic carbocycles. The van der Waals surface area contributed by atoms with Gasteiger partial charge < -0.3 is 14.5 Å². The molecule has 4 aromatic rings. The molecular formula is C20H20N6O2. The number of amides is 1. The van der Waals surface area contributed by atoms with Crippen LogP contribution in [0.2, 0.25) is 0 Å². The Kier molecular flexibility index (Phi) is 4.76. The number of aryl methyl sites for hydroxylation is 1. The molecule has 0 spiro atoms. The Morgan fingerprint density at radius 3 is 2.57 bits per heavy atom. The lowest BCUT2D eigenvalue weighted by molar-refractivity contribution is 0.0947. The number of hydrogen-bond acceptors (Lipinski definition) is 4. The molecule has 1 amide bonds. The van der Waals surface area contributed by atoms with E-state index >= 15 is 0 Å². The van der Waals surface area contributed by atoms with Crippen LogP contribution in [0.4, 0.5) is 0 Å². The molecule has 3 heterocycles. The molecule has 0 saturated carbocycles. The Hall–Kier alpha value is -3.68. The first-order valence-electron chi connectivity index (χ1n) is 9.11. The maximum Gasteiger partial charge on any atom is 0.275 e. The SMILES string of the molecule is CCn1ccc2ccn(CCNC(=O)c3cnn(-c4ccccc4)n3)c(=O)c21. The Labute approximate surface area is 161 Å². The first kappa shape index (κ1) is 17.7. The highest BCUT2D eigenvalue weighted by Gasteiger charge is 2.12. The van der Waals surface area contributed by atoms with Gasteiger partial charge in [-0.05, 0) is 31.2 Å². The van der Waals surface area contributed by atoms with E-state index in [1.54, 1.807) is 10.8 Å². The summed E-state index contributed by atoms with van der Waals surface area (Å²) >= 11 is 0. The third-order valence-electron chi connectivity index (χ3n) is 4.58. The molecule has 0 saturated heterocycles. The van der Waals surface area contributed by atoms with Crippen molar-refractivity contribution < 1.29 is 4.79 Å². The number of nitrogens with one attached hydrogen (secondary N) is 1. The van der Waals surface area contributed by atoms with Crippen LogP contribution in [0.25, 0.3) is 16.6 Å². The number of carbonyl (C=O) groups is 1. The molecule has 0 fully saturated rings. The van der Waals surface area contributed by atoms with E-state index in [-0.39, 0.29) is 17.2 Å². The molecule has 0 aliphatic heterocycles. The van der Waals surface area contributed by atoms with Crippen LogP contribution in [0, 0.1) is 0 Å². The molecule has 0 aliphatic rings. The fourth-order valence-corrected chi connectivity index (χ4v) is 3.12. The van der Waals surface area contributed by atoms with Gasteiger partial charge >= 0.3 is 0 Å². The lowest BCUT2D eigenvalue weighted by atomic mass is 10.3. The van der Waals surface area contributed by atoms with Crippen molar-refractivity contribution in [1.82, 2.24) is 29.4 Å². The average Bonchev–Trinajstić information content (AvgIpc) is 3.38. The number of fused-ring (bicyclic) bond motifs is 1. The molecule has 1 aromatic carbocycles. The van der Waals surface area contributed by atoms with Crippen LogP contribution in [0.5, 0.6) is 0 Å². The summed E-state index contributed by atoms with van der Waals surface area (Å²) < 4.78 is 3.53. The van der Waals surface area contributed by atoms with Gasteiger partial charge in [0.05, 0.1) is 11.9 Å². The number of aromatic nitrogens is 5. The zero-order chi connectivity index (χ0) is 19.5. The molecular weight excluding hydrogens is 356 g/mol. The van der Waals surface area contributed by atoms with E-state index in [4.69, 9.17) is 0 Å².